The third-order valence-corrected chi connectivity index (χ3v) is 3.36. The van der Waals surface area contributed by atoms with Gasteiger partial charge in [-0.1, -0.05) is 12.1 Å². The quantitative estimate of drug-likeness (QED) is 0.812. The average molecular weight is 212 g/mol. The van der Waals surface area contributed by atoms with Gasteiger partial charge in [-0.15, -0.1) is 0 Å². The van der Waals surface area contributed by atoms with Gasteiger partial charge in [-0.25, -0.2) is 0 Å². The van der Waals surface area contributed by atoms with Gasteiger partial charge in [0, 0.05) is 29.4 Å². The van der Waals surface area contributed by atoms with Crippen LogP contribution < -0.4 is 0 Å². The summed E-state index contributed by atoms with van der Waals surface area (Å²) in [5, 5.41) is 9.92. The molecule has 0 saturated carbocycles. The van der Waals surface area contributed by atoms with Crippen LogP contribution in [0.25, 0.3) is 10.9 Å². The lowest BCUT2D eigenvalue weighted by molar-refractivity contribution is 0.960. The summed E-state index contributed by atoms with van der Waals surface area (Å²) >= 11 is 0. The molecule has 0 spiro atoms. The molecule has 2 nitrogen and oxygen atoms in total. The van der Waals surface area contributed by atoms with E-state index in [2.05, 4.69) is 44.0 Å². The van der Waals surface area contributed by atoms with Gasteiger partial charge in [0.15, 0.2) is 0 Å². The van der Waals surface area contributed by atoms with E-state index in [-0.39, 0.29) is 0 Å². The topological polar surface area (TPSA) is 39.6 Å². The lowest BCUT2D eigenvalue weighted by atomic mass is 10.0. The van der Waals surface area contributed by atoms with E-state index < -0.39 is 0 Å². The average Bonchev–Trinajstić information content (AvgIpc) is 2.59. The zero-order valence-corrected chi connectivity index (χ0v) is 10.0. The van der Waals surface area contributed by atoms with Gasteiger partial charge in [-0.05, 0) is 37.5 Å². The van der Waals surface area contributed by atoms with Crippen molar-refractivity contribution in [3.05, 3.63) is 34.5 Å². The number of aromatic amines is 1. The van der Waals surface area contributed by atoms with Gasteiger partial charge in [0.1, 0.15) is 0 Å². The number of aromatic nitrogens is 1. The third-order valence-electron chi connectivity index (χ3n) is 3.36. The molecule has 0 fully saturated rings. The van der Waals surface area contributed by atoms with Crippen LogP contribution in [0.5, 0.6) is 0 Å². The maximum Gasteiger partial charge on any atom is 0.0625 e. The molecule has 0 aliphatic rings. The van der Waals surface area contributed by atoms with Crippen LogP contribution in [0.2, 0.25) is 0 Å². The van der Waals surface area contributed by atoms with E-state index in [9.17, 15) is 0 Å². The summed E-state index contributed by atoms with van der Waals surface area (Å²) in [5.74, 6) is 0. The predicted molar refractivity (Wildman–Crippen MR) is 66.4 cm³/mol. The molecular weight excluding hydrogens is 196 g/mol. The molecule has 0 saturated heterocycles. The Morgan fingerprint density at radius 3 is 2.62 bits per heavy atom. The van der Waals surface area contributed by atoms with Crippen LogP contribution in [-0.4, -0.2) is 4.98 Å². The molecule has 0 unspecified atom stereocenters. The summed E-state index contributed by atoms with van der Waals surface area (Å²) in [6.45, 7) is 6.39. The van der Waals surface area contributed by atoms with Gasteiger partial charge in [0.2, 0.25) is 0 Å². The van der Waals surface area contributed by atoms with Crippen molar-refractivity contribution in [1.29, 1.82) is 5.26 Å². The molecule has 2 aromatic rings. The van der Waals surface area contributed by atoms with E-state index in [0.29, 0.717) is 6.42 Å². The van der Waals surface area contributed by atoms with Crippen LogP contribution in [0.15, 0.2) is 12.1 Å². The highest BCUT2D eigenvalue weighted by molar-refractivity contribution is 5.87. The Labute approximate surface area is 95.9 Å². The molecule has 0 radical (unpaired) electrons. The fourth-order valence-corrected chi connectivity index (χ4v) is 2.13. The maximum absolute atomic E-state index is 8.63. The van der Waals surface area contributed by atoms with E-state index in [1.54, 1.807) is 0 Å². The minimum absolute atomic E-state index is 0.575. The van der Waals surface area contributed by atoms with Crippen LogP contribution in [0.4, 0.5) is 0 Å². The van der Waals surface area contributed by atoms with E-state index >= 15 is 0 Å². The molecule has 16 heavy (non-hydrogen) atoms. The number of H-pyrrole nitrogens is 1. The summed E-state index contributed by atoms with van der Waals surface area (Å²) in [7, 11) is 0. The molecule has 0 aliphatic heterocycles. The fraction of sp³-hybridized carbons (Fsp3) is 0.357. The Balaban J connectivity index is 2.59. The minimum atomic E-state index is 0.575. The minimum Gasteiger partial charge on any atom is -0.358 e. The molecule has 2 heteroatoms. The number of nitriles is 1. The molecule has 0 amide bonds. The van der Waals surface area contributed by atoms with Crippen LogP contribution >= 0.6 is 0 Å². The molecular formula is C14H16N2. The number of rotatable bonds is 2. The molecule has 82 valence electrons. The zero-order valence-electron chi connectivity index (χ0n) is 10.0. The van der Waals surface area contributed by atoms with Crippen LogP contribution in [0.1, 0.15) is 28.8 Å². The molecule has 1 heterocycles. The molecule has 1 aromatic heterocycles. The maximum atomic E-state index is 8.63. The van der Waals surface area contributed by atoms with Crippen molar-refractivity contribution in [2.45, 2.75) is 33.6 Å². The zero-order chi connectivity index (χ0) is 11.7. The first-order chi connectivity index (χ1) is 7.65. The smallest absolute Gasteiger partial charge is 0.0625 e. The Bertz CT molecular complexity index is 570. The first kappa shape index (κ1) is 10.8. The molecule has 0 atom stereocenters. The second-order valence-electron chi connectivity index (χ2n) is 4.32. The third kappa shape index (κ3) is 1.59. The van der Waals surface area contributed by atoms with Crippen molar-refractivity contribution in [2.24, 2.45) is 0 Å². The molecule has 1 N–H and O–H groups in total. The standard InChI is InChI=1S/C14H16N2/c1-9-6-7-12-11(3)13(5-4-8-15)16-14(12)10(9)2/h6-7,16H,4-5H2,1-3H3. The second-order valence-corrected chi connectivity index (χ2v) is 4.32. The fourth-order valence-electron chi connectivity index (χ4n) is 2.13. The van der Waals surface area contributed by atoms with Gasteiger partial charge in [-0.2, -0.15) is 5.26 Å². The van der Waals surface area contributed by atoms with E-state index in [4.69, 9.17) is 5.26 Å². The lowest BCUT2D eigenvalue weighted by Crippen LogP contribution is -1.86. The van der Waals surface area contributed by atoms with Crippen molar-refractivity contribution in [3.8, 4) is 6.07 Å². The monoisotopic (exact) mass is 212 g/mol. The van der Waals surface area contributed by atoms with Crippen molar-refractivity contribution >= 4 is 10.9 Å². The Morgan fingerprint density at radius 1 is 1.19 bits per heavy atom. The normalized spacial score (nSPS) is 10.6. The SMILES string of the molecule is Cc1ccc2c(C)c(CCC#N)[nH]c2c1C. The van der Waals surface area contributed by atoms with E-state index in [0.717, 1.165) is 6.42 Å². The highest BCUT2D eigenvalue weighted by Gasteiger charge is 2.09. The van der Waals surface area contributed by atoms with Crippen molar-refractivity contribution in [2.75, 3.05) is 0 Å². The van der Waals surface area contributed by atoms with Crippen LogP contribution in [0, 0.1) is 32.1 Å². The van der Waals surface area contributed by atoms with Gasteiger partial charge in [0.05, 0.1) is 6.07 Å². The van der Waals surface area contributed by atoms with Gasteiger partial charge in [0.25, 0.3) is 0 Å². The van der Waals surface area contributed by atoms with Crippen molar-refractivity contribution in [1.82, 2.24) is 4.98 Å². The van der Waals surface area contributed by atoms with E-state index in [1.165, 1.54) is 33.3 Å². The number of fused-ring (bicyclic) bond motifs is 1. The number of hydrogen-bond acceptors (Lipinski definition) is 1. The van der Waals surface area contributed by atoms with Crippen LogP contribution in [0.3, 0.4) is 0 Å². The predicted octanol–water partition coefficient (Wildman–Crippen LogP) is 3.55. The number of hydrogen-bond donors (Lipinski definition) is 1. The summed E-state index contributed by atoms with van der Waals surface area (Å²) in [5.41, 5.74) is 6.33. The number of nitrogens with zero attached hydrogens (tertiary/aromatic N) is 1. The number of aryl methyl sites for hydroxylation is 4. The Kier molecular flexibility index (Phi) is 2.70. The summed E-state index contributed by atoms with van der Waals surface area (Å²) in [6.07, 6.45) is 1.39. The first-order valence-electron chi connectivity index (χ1n) is 5.59. The molecule has 0 aliphatic carbocycles. The van der Waals surface area contributed by atoms with Gasteiger partial charge in [-0.3, -0.25) is 0 Å². The van der Waals surface area contributed by atoms with Crippen molar-refractivity contribution in [3.63, 3.8) is 0 Å². The molecule has 1 aromatic carbocycles. The van der Waals surface area contributed by atoms with Crippen LogP contribution in [-0.2, 0) is 6.42 Å². The highest BCUT2D eigenvalue weighted by atomic mass is 14.7. The van der Waals surface area contributed by atoms with Gasteiger partial charge >= 0.3 is 0 Å². The van der Waals surface area contributed by atoms with Crippen molar-refractivity contribution < 1.29 is 0 Å². The largest absolute Gasteiger partial charge is 0.358 e. The Hall–Kier alpha value is -1.75. The number of benzene rings is 1. The summed E-state index contributed by atoms with van der Waals surface area (Å²) in [6, 6.07) is 6.52. The highest BCUT2D eigenvalue weighted by Crippen LogP contribution is 2.26. The summed E-state index contributed by atoms with van der Waals surface area (Å²) < 4.78 is 0. The molecule has 0 bridgehead atoms. The summed E-state index contributed by atoms with van der Waals surface area (Å²) in [4.78, 5) is 3.46. The lowest BCUT2D eigenvalue weighted by Gasteiger charge is -2.00. The Morgan fingerprint density at radius 2 is 1.94 bits per heavy atom. The molecule has 2 rings (SSSR count). The number of nitrogens with one attached hydrogen (secondary N) is 1. The first-order valence-corrected chi connectivity index (χ1v) is 5.59. The van der Waals surface area contributed by atoms with Gasteiger partial charge < -0.3 is 4.98 Å². The van der Waals surface area contributed by atoms with E-state index in [1.807, 2.05) is 0 Å². The second kappa shape index (κ2) is 4.02.